The molecule has 45 heavy (non-hydrogen) atoms. The Morgan fingerprint density at radius 3 is 2.58 bits per heavy atom. The van der Waals surface area contributed by atoms with Crippen LogP contribution in [0.5, 0.6) is 0 Å². The van der Waals surface area contributed by atoms with E-state index in [-0.39, 0.29) is 30.3 Å². The average molecular weight is 631 g/mol. The van der Waals surface area contributed by atoms with Crippen LogP contribution < -0.4 is 5.73 Å². The van der Waals surface area contributed by atoms with Gasteiger partial charge in [0.25, 0.3) is 0 Å². The Labute approximate surface area is 267 Å². The number of carbonyl (C=O) groups excluding carboxylic acids is 1. The van der Waals surface area contributed by atoms with Crippen LogP contribution in [0.3, 0.4) is 0 Å². The van der Waals surface area contributed by atoms with Crippen LogP contribution >= 0.6 is 11.3 Å². The van der Waals surface area contributed by atoms with E-state index in [0.717, 1.165) is 53.0 Å². The number of nitrogens with two attached hydrogens (primary N) is 1. The van der Waals surface area contributed by atoms with Gasteiger partial charge in [-0.05, 0) is 71.3 Å². The second-order valence-corrected chi connectivity index (χ2v) is 14.9. The smallest absolute Gasteiger partial charge is 0.410 e. The van der Waals surface area contributed by atoms with E-state index in [0.29, 0.717) is 24.8 Å². The van der Waals surface area contributed by atoms with Gasteiger partial charge in [-0.15, -0.1) is 11.3 Å². The number of thiazole rings is 1. The zero-order chi connectivity index (χ0) is 31.5. The third-order valence-electron chi connectivity index (χ3n) is 9.28. The summed E-state index contributed by atoms with van der Waals surface area (Å²) in [6, 6.07) is 10.4. The molecule has 1 aromatic carbocycles. The normalized spacial score (nSPS) is 25.1. The number of nitrogens with zero attached hydrogens (tertiary/aromatic N) is 5. The van der Waals surface area contributed by atoms with Gasteiger partial charge < -0.3 is 29.4 Å². The number of likely N-dealkylation sites (tertiary alicyclic amines) is 1. The maximum absolute atomic E-state index is 12.7. The van der Waals surface area contributed by atoms with Crippen molar-refractivity contribution in [2.24, 2.45) is 11.8 Å². The van der Waals surface area contributed by atoms with Crippen LogP contribution in [0.25, 0.3) is 21.6 Å². The molecule has 2 aliphatic heterocycles. The molecule has 4 atom stereocenters. The number of aromatic nitrogens is 4. The van der Waals surface area contributed by atoms with Crippen molar-refractivity contribution in [1.82, 2.24) is 24.4 Å². The molecule has 2 saturated heterocycles. The summed E-state index contributed by atoms with van der Waals surface area (Å²) in [5, 5.41) is 3.84. The second-order valence-electron chi connectivity index (χ2n) is 14.1. The van der Waals surface area contributed by atoms with Crippen molar-refractivity contribution in [2.45, 2.75) is 89.9 Å². The molecule has 238 valence electrons. The first-order chi connectivity index (χ1) is 21.5. The summed E-state index contributed by atoms with van der Waals surface area (Å²) in [4.78, 5) is 28.7. The van der Waals surface area contributed by atoms with Gasteiger partial charge in [0.15, 0.2) is 5.79 Å². The Morgan fingerprint density at radius 2 is 1.84 bits per heavy atom. The van der Waals surface area contributed by atoms with Crippen LogP contribution in [-0.4, -0.2) is 67.2 Å². The summed E-state index contributed by atoms with van der Waals surface area (Å²) in [5.41, 5.74) is 9.98. The summed E-state index contributed by atoms with van der Waals surface area (Å²) < 4.78 is 21.1. The predicted octanol–water partition coefficient (Wildman–Crippen LogP) is 6.46. The number of nitrogen functional groups attached to an aromatic ring is 1. The van der Waals surface area contributed by atoms with E-state index in [1.54, 1.807) is 11.3 Å². The molecular weight excluding hydrogens is 588 g/mol. The molecule has 1 aliphatic carbocycles. The number of anilines is 1. The van der Waals surface area contributed by atoms with Gasteiger partial charge in [-0.1, -0.05) is 30.3 Å². The Bertz CT molecular complexity index is 1690. The first kappa shape index (κ1) is 30.1. The Morgan fingerprint density at radius 1 is 1.11 bits per heavy atom. The number of hydrogen-bond acceptors (Lipinski definition) is 9. The monoisotopic (exact) mass is 630 g/mol. The summed E-state index contributed by atoms with van der Waals surface area (Å²) in [7, 11) is 0. The van der Waals surface area contributed by atoms with Crippen molar-refractivity contribution in [1.29, 1.82) is 0 Å². The van der Waals surface area contributed by atoms with Gasteiger partial charge in [0, 0.05) is 36.7 Å². The molecule has 4 aromatic rings. The zero-order valence-corrected chi connectivity index (χ0v) is 27.4. The molecule has 0 unspecified atom stereocenters. The van der Waals surface area contributed by atoms with Crippen molar-refractivity contribution in [2.75, 3.05) is 18.8 Å². The van der Waals surface area contributed by atoms with Crippen molar-refractivity contribution in [3.8, 4) is 10.6 Å². The molecule has 3 aliphatic rings. The van der Waals surface area contributed by atoms with Crippen molar-refractivity contribution in [3.63, 3.8) is 0 Å². The van der Waals surface area contributed by atoms with E-state index in [9.17, 15) is 4.79 Å². The molecular formula is C34H42N6O4S. The maximum Gasteiger partial charge on any atom is 0.410 e. The lowest BCUT2D eigenvalue weighted by Crippen LogP contribution is -2.44. The molecule has 0 radical (unpaired) electrons. The predicted molar refractivity (Wildman–Crippen MR) is 174 cm³/mol. The van der Waals surface area contributed by atoms with Crippen LogP contribution in [0.15, 0.2) is 48.2 Å². The largest absolute Gasteiger partial charge is 0.444 e. The molecule has 5 heterocycles. The van der Waals surface area contributed by atoms with Gasteiger partial charge in [0.2, 0.25) is 0 Å². The average Bonchev–Trinajstić information content (AvgIpc) is 3.75. The van der Waals surface area contributed by atoms with Crippen LogP contribution in [0.2, 0.25) is 0 Å². The summed E-state index contributed by atoms with van der Waals surface area (Å²) in [6.07, 6.45) is 6.70. The fourth-order valence-corrected chi connectivity index (χ4v) is 8.24. The molecule has 10 nitrogen and oxygen atoms in total. The molecule has 2 N–H and O–H groups in total. The number of piperidine rings is 1. The SMILES string of the molecule is CC(C)(C)OC(=O)N1CCC([C@H]2C[C@@H](n3cc(-c4nc(Cc5ccccc5)cs4)c4c(N)ncnc43)[C@@H]3OC(C)(C)O[C@@H]32)CC1. The van der Waals surface area contributed by atoms with Gasteiger partial charge in [-0.25, -0.2) is 19.7 Å². The van der Waals surface area contributed by atoms with Gasteiger partial charge in [-0.2, -0.15) is 0 Å². The quantitative estimate of drug-likeness (QED) is 0.267. The highest BCUT2D eigenvalue weighted by atomic mass is 32.1. The number of hydrogen-bond donors (Lipinski definition) is 1. The third kappa shape index (κ3) is 5.93. The van der Waals surface area contributed by atoms with Crippen LogP contribution in [-0.2, 0) is 20.6 Å². The van der Waals surface area contributed by atoms with Gasteiger partial charge in [0.1, 0.15) is 34.5 Å². The van der Waals surface area contributed by atoms with Crippen LogP contribution in [0.1, 0.15) is 71.2 Å². The first-order valence-electron chi connectivity index (χ1n) is 15.9. The molecule has 3 fully saturated rings. The van der Waals surface area contributed by atoms with Crippen molar-refractivity contribution < 1.29 is 19.0 Å². The van der Waals surface area contributed by atoms with Crippen LogP contribution in [0.4, 0.5) is 10.6 Å². The molecule has 3 aromatic heterocycles. The molecule has 1 saturated carbocycles. The van der Waals surface area contributed by atoms with Gasteiger partial charge in [0.05, 0.1) is 23.2 Å². The lowest BCUT2D eigenvalue weighted by Gasteiger charge is -2.37. The standard InChI is InChI=1S/C34H42N6O4S/c1-33(2,3)44-32(41)39-13-11-21(12-14-39)23-16-25(28-27(23)42-34(4,5)43-28)40-17-24(26-29(35)36-19-37-30(26)40)31-38-22(18-45-31)15-20-9-7-6-8-10-20/h6-10,17-19,21,23,25,27-28H,11-16H2,1-5H3,(H2,35,36,37)/t23-,25-,27-,28+/m1/s1. The fourth-order valence-electron chi connectivity index (χ4n) is 7.40. The molecule has 0 spiro atoms. The number of rotatable bonds is 5. The fraction of sp³-hybridized carbons (Fsp3) is 0.529. The lowest BCUT2D eigenvalue weighted by molar-refractivity contribution is -0.163. The third-order valence-corrected chi connectivity index (χ3v) is 10.2. The number of amides is 1. The number of ether oxygens (including phenoxy) is 3. The van der Waals surface area contributed by atoms with E-state index >= 15 is 0 Å². The molecule has 1 amide bonds. The molecule has 11 heteroatoms. The van der Waals surface area contributed by atoms with E-state index in [2.05, 4.69) is 45.4 Å². The highest BCUT2D eigenvalue weighted by Crippen LogP contribution is 2.52. The Balaban J connectivity index is 1.17. The van der Waals surface area contributed by atoms with Crippen molar-refractivity contribution in [3.05, 3.63) is 59.5 Å². The minimum atomic E-state index is -0.690. The maximum atomic E-state index is 12.7. The second kappa shape index (κ2) is 11.4. The Hall–Kier alpha value is -3.54. The Kier molecular flexibility index (Phi) is 7.61. The van der Waals surface area contributed by atoms with Crippen molar-refractivity contribution >= 4 is 34.3 Å². The summed E-state index contributed by atoms with van der Waals surface area (Å²) in [5.74, 6) is 0.433. The minimum absolute atomic E-state index is 0.0000353. The number of carbonyl (C=O) groups is 1. The summed E-state index contributed by atoms with van der Waals surface area (Å²) >= 11 is 1.62. The zero-order valence-electron chi connectivity index (χ0n) is 26.6. The number of fused-ring (bicyclic) bond motifs is 2. The van der Waals surface area contributed by atoms with E-state index < -0.39 is 11.4 Å². The summed E-state index contributed by atoms with van der Waals surface area (Å²) in [6.45, 7) is 11.1. The first-order valence-corrected chi connectivity index (χ1v) is 16.8. The van der Waals surface area contributed by atoms with Gasteiger partial charge in [-0.3, -0.25) is 0 Å². The van der Waals surface area contributed by atoms with Crippen LogP contribution in [0, 0.1) is 11.8 Å². The van der Waals surface area contributed by atoms with E-state index in [1.165, 1.54) is 11.9 Å². The highest BCUT2D eigenvalue weighted by Gasteiger charge is 2.56. The van der Waals surface area contributed by atoms with E-state index in [4.69, 9.17) is 29.9 Å². The topological polar surface area (TPSA) is 118 Å². The van der Waals surface area contributed by atoms with E-state index in [1.807, 2.05) is 45.6 Å². The van der Waals surface area contributed by atoms with Gasteiger partial charge >= 0.3 is 6.09 Å². The lowest BCUT2D eigenvalue weighted by atomic mass is 9.82. The highest BCUT2D eigenvalue weighted by molar-refractivity contribution is 7.13. The number of benzene rings is 1. The minimum Gasteiger partial charge on any atom is -0.444 e. The molecule has 7 rings (SSSR count). The molecule has 0 bridgehead atoms.